The van der Waals surface area contributed by atoms with Crippen LogP contribution >= 0.6 is 0 Å². The van der Waals surface area contributed by atoms with Crippen LogP contribution in [0, 0.1) is 17.8 Å². The van der Waals surface area contributed by atoms with Gasteiger partial charge in [-0.3, -0.25) is 9.59 Å². The van der Waals surface area contributed by atoms with Gasteiger partial charge in [0.2, 0.25) is 11.8 Å². The van der Waals surface area contributed by atoms with E-state index in [-0.39, 0.29) is 29.8 Å². The molecule has 2 aliphatic rings. The summed E-state index contributed by atoms with van der Waals surface area (Å²) in [5.41, 5.74) is 1.24. The Hall–Kier alpha value is -1.84. The standard InChI is InChI=1S/C22H32N2O2/c1-14(2)10-17-13-24(20(11-15(3)4)21(25)23-17)22(26)19-12-18(19)16-8-6-5-7-9-16/h5-9,14-15,17-20H,10-13H2,1-4H3,(H,23,25)/t17-,18-,19+,20-/m0/s1. The second-order valence-electron chi connectivity index (χ2n) is 8.83. The zero-order valence-corrected chi connectivity index (χ0v) is 16.4. The van der Waals surface area contributed by atoms with E-state index in [1.807, 2.05) is 23.1 Å². The molecule has 4 heteroatoms. The number of amides is 2. The van der Waals surface area contributed by atoms with Crippen molar-refractivity contribution < 1.29 is 9.59 Å². The van der Waals surface area contributed by atoms with Crippen molar-refractivity contribution >= 4 is 11.8 Å². The van der Waals surface area contributed by atoms with E-state index in [0.29, 0.717) is 24.3 Å². The molecule has 0 unspecified atom stereocenters. The Morgan fingerprint density at radius 2 is 1.77 bits per heavy atom. The summed E-state index contributed by atoms with van der Waals surface area (Å²) in [6, 6.07) is 10.0. The van der Waals surface area contributed by atoms with Crippen molar-refractivity contribution in [1.82, 2.24) is 10.2 Å². The summed E-state index contributed by atoms with van der Waals surface area (Å²) < 4.78 is 0. The van der Waals surface area contributed by atoms with Gasteiger partial charge in [-0.05, 0) is 42.6 Å². The van der Waals surface area contributed by atoms with Gasteiger partial charge >= 0.3 is 0 Å². The first-order valence-electron chi connectivity index (χ1n) is 10.0. The molecule has 1 saturated carbocycles. The van der Waals surface area contributed by atoms with Crippen molar-refractivity contribution in [2.24, 2.45) is 17.8 Å². The van der Waals surface area contributed by atoms with Crippen molar-refractivity contribution in [1.29, 1.82) is 0 Å². The minimum atomic E-state index is -0.317. The van der Waals surface area contributed by atoms with Crippen LogP contribution in [-0.2, 0) is 9.59 Å². The molecule has 1 aliphatic heterocycles. The molecular weight excluding hydrogens is 324 g/mol. The van der Waals surface area contributed by atoms with E-state index in [1.165, 1.54) is 5.56 Å². The van der Waals surface area contributed by atoms with Crippen molar-refractivity contribution in [2.45, 2.75) is 65.0 Å². The molecule has 3 rings (SSSR count). The summed E-state index contributed by atoms with van der Waals surface area (Å²) in [5.74, 6) is 1.44. The third-order valence-electron chi connectivity index (χ3n) is 5.51. The SMILES string of the molecule is CC(C)C[C@H]1CN(C(=O)[C@@H]2C[C@H]2c2ccccc2)[C@@H](CC(C)C)C(=O)N1. The lowest BCUT2D eigenvalue weighted by Crippen LogP contribution is -2.62. The molecule has 0 bridgehead atoms. The number of piperazine rings is 1. The average Bonchev–Trinajstić information content (AvgIpc) is 3.37. The molecule has 4 nitrogen and oxygen atoms in total. The monoisotopic (exact) mass is 356 g/mol. The Labute approximate surface area is 157 Å². The van der Waals surface area contributed by atoms with Gasteiger partial charge < -0.3 is 10.2 Å². The number of carbonyl (C=O) groups is 2. The molecule has 4 atom stereocenters. The van der Waals surface area contributed by atoms with E-state index < -0.39 is 0 Å². The van der Waals surface area contributed by atoms with Crippen LogP contribution in [0.25, 0.3) is 0 Å². The van der Waals surface area contributed by atoms with E-state index >= 15 is 0 Å². The molecule has 1 saturated heterocycles. The lowest BCUT2D eigenvalue weighted by molar-refractivity contribution is -0.146. The molecule has 2 amide bonds. The summed E-state index contributed by atoms with van der Waals surface area (Å²) >= 11 is 0. The van der Waals surface area contributed by atoms with Crippen LogP contribution in [0.5, 0.6) is 0 Å². The maximum Gasteiger partial charge on any atom is 0.243 e. The zero-order chi connectivity index (χ0) is 18.8. The quantitative estimate of drug-likeness (QED) is 0.847. The van der Waals surface area contributed by atoms with Crippen LogP contribution in [0.4, 0.5) is 0 Å². The normalized spacial score (nSPS) is 28.4. The minimum absolute atomic E-state index is 0.0286. The maximum absolute atomic E-state index is 13.3. The Morgan fingerprint density at radius 1 is 1.12 bits per heavy atom. The smallest absolute Gasteiger partial charge is 0.243 e. The molecule has 0 spiro atoms. The summed E-state index contributed by atoms with van der Waals surface area (Å²) in [7, 11) is 0. The zero-order valence-electron chi connectivity index (χ0n) is 16.4. The Kier molecular flexibility index (Phi) is 5.69. The van der Waals surface area contributed by atoms with Gasteiger partial charge in [0.15, 0.2) is 0 Å². The van der Waals surface area contributed by atoms with Crippen LogP contribution in [0.1, 0.15) is 58.4 Å². The van der Waals surface area contributed by atoms with Gasteiger partial charge in [0.1, 0.15) is 6.04 Å². The van der Waals surface area contributed by atoms with Gasteiger partial charge in [-0.1, -0.05) is 58.0 Å². The van der Waals surface area contributed by atoms with Crippen molar-refractivity contribution in [3.63, 3.8) is 0 Å². The number of rotatable bonds is 6. The van der Waals surface area contributed by atoms with E-state index in [0.717, 1.165) is 19.3 Å². The number of benzene rings is 1. The molecule has 1 aliphatic carbocycles. The van der Waals surface area contributed by atoms with Gasteiger partial charge in [0, 0.05) is 18.5 Å². The van der Waals surface area contributed by atoms with Gasteiger partial charge in [-0.15, -0.1) is 0 Å². The minimum Gasteiger partial charge on any atom is -0.350 e. The molecule has 142 valence electrons. The predicted octanol–water partition coefficient (Wildman–Crippen LogP) is 3.58. The van der Waals surface area contributed by atoms with Crippen LogP contribution < -0.4 is 5.32 Å². The average molecular weight is 357 g/mol. The van der Waals surface area contributed by atoms with Crippen molar-refractivity contribution in [2.75, 3.05) is 6.54 Å². The maximum atomic E-state index is 13.3. The predicted molar refractivity (Wildman–Crippen MR) is 104 cm³/mol. The van der Waals surface area contributed by atoms with Gasteiger partial charge in [-0.2, -0.15) is 0 Å². The highest BCUT2D eigenvalue weighted by Crippen LogP contribution is 2.48. The summed E-state index contributed by atoms with van der Waals surface area (Å²) in [6.45, 7) is 9.19. The number of nitrogens with one attached hydrogen (secondary N) is 1. The first kappa shape index (κ1) is 18.9. The van der Waals surface area contributed by atoms with Crippen LogP contribution in [0.2, 0.25) is 0 Å². The highest BCUT2D eigenvalue weighted by Gasteiger charge is 2.49. The molecule has 1 heterocycles. The highest BCUT2D eigenvalue weighted by atomic mass is 16.2. The van der Waals surface area contributed by atoms with E-state index in [1.54, 1.807) is 0 Å². The van der Waals surface area contributed by atoms with Gasteiger partial charge in [-0.25, -0.2) is 0 Å². The summed E-state index contributed by atoms with van der Waals surface area (Å²) in [4.78, 5) is 27.9. The third-order valence-corrected chi connectivity index (χ3v) is 5.51. The first-order valence-corrected chi connectivity index (χ1v) is 10.0. The molecule has 1 N–H and O–H groups in total. The number of hydrogen-bond acceptors (Lipinski definition) is 2. The molecule has 2 fully saturated rings. The number of hydrogen-bond donors (Lipinski definition) is 1. The molecule has 0 aromatic heterocycles. The fraction of sp³-hybridized carbons (Fsp3) is 0.636. The Bertz CT molecular complexity index is 641. The van der Waals surface area contributed by atoms with Crippen LogP contribution in [0.15, 0.2) is 30.3 Å². The van der Waals surface area contributed by atoms with Gasteiger partial charge in [0.05, 0.1) is 0 Å². The second kappa shape index (κ2) is 7.81. The third kappa shape index (κ3) is 4.28. The first-order chi connectivity index (χ1) is 12.4. The molecule has 1 aromatic carbocycles. The topological polar surface area (TPSA) is 49.4 Å². The highest BCUT2D eigenvalue weighted by molar-refractivity contribution is 5.91. The number of carbonyl (C=O) groups excluding carboxylic acids is 2. The van der Waals surface area contributed by atoms with E-state index in [2.05, 4.69) is 45.1 Å². The van der Waals surface area contributed by atoms with Crippen LogP contribution in [-0.4, -0.2) is 35.3 Å². The van der Waals surface area contributed by atoms with E-state index in [4.69, 9.17) is 0 Å². The summed E-state index contributed by atoms with van der Waals surface area (Å²) in [6.07, 6.45) is 2.55. The fourth-order valence-electron chi connectivity index (χ4n) is 4.23. The number of nitrogens with zero attached hydrogens (tertiary/aromatic N) is 1. The second-order valence-corrected chi connectivity index (χ2v) is 8.83. The lowest BCUT2D eigenvalue weighted by atomic mass is 9.94. The van der Waals surface area contributed by atoms with Crippen LogP contribution in [0.3, 0.4) is 0 Å². The largest absolute Gasteiger partial charge is 0.350 e. The van der Waals surface area contributed by atoms with E-state index in [9.17, 15) is 9.59 Å². The molecule has 26 heavy (non-hydrogen) atoms. The Morgan fingerprint density at radius 3 is 2.38 bits per heavy atom. The summed E-state index contributed by atoms with van der Waals surface area (Å²) in [5, 5.41) is 3.16. The fourth-order valence-corrected chi connectivity index (χ4v) is 4.23. The van der Waals surface area contributed by atoms with Gasteiger partial charge in [0.25, 0.3) is 0 Å². The van der Waals surface area contributed by atoms with Crippen molar-refractivity contribution in [3.8, 4) is 0 Å². The van der Waals surface area contributed by atoms with Crippen molar-refractivity contribution in [3.05, 3.63) is 35.9 Å². The molecular formula is C22H32N2O2. The molecule has 0 radical (unpaired) electrons. The lowest BCUT2D eigenvalue weighted by Gasteiger charge is -2.41. The Balaban J connectivity index is 1.74. The molecule has 1 aromatic rings.